The molecule has 0 fully saturated rings. The highest BCUT2D eigenvalue weighted by Crippen LogP contribution is 1.95. The van der Waals surface area contributed by atoms with Gasteiger partial charge in [0.2, 0.25) is 0 Å². The lowest BCUT2D eigenvalue weighted by Gasteiger charge is -2.10. The number of rotatable bonds is 8. The van der Waals surface area contributed by atoms with Gasteiger partial charge in [-0.25, -0.2) is 8.78 Å². The average Bonchev–Trinajstić information content (AvgIpc) is 2.21. The van der Waals surface area contributed by atoms with Crippen LogP contribution in [0.1, 0.15) is 6.92 Å². The summed E-state index contributed by atoms with van der Waals surface area (Å²) in [6.07, 6.45) is -2.43. The normalized spacial score (nSPS) is 12.9. The van der Waals surface area contributed by atoms with E-state index in [1.807, 2.05) is 0 Å². The van der Waals surface area contributed by atoms with Crippen molar-refractivity contribution in [3.05, 3.63) is 0 Å². The smallest absolute Gasteiger partial charge is 0.309 e. The van der Waals surface area contributed by atoms with E-state index in [0.29, 0.717) is 13.1 Å². The number of halogens is 2. The fourth-order valence-corrected chi connectivity index (χ4v) is 0.920. The molecule has 0 amide bonds. The van der Waals surface area contributed by atoms with Crippen molar-refractivity contribution >= 4 is 5.97 Å². The van der Waals surface area contributed by atoms with Gasteiger partial charge >= 0.3 is 5.97 Å². The summed E-state index contributed by atoms with van der Waals surface area (Å²) in [6, 6.07) is 0. The van der Waals surface area contributed by atoms with Crippen molar-refractivity contribution in [1.29, 1.82) is 0 Å². The van der Waals surface area contributed by atoms with Gasteiger partial charge in [-0.15, -0.1) is 0 Å². The van der Waals surface area contributed by atoms with E-state index in [0.717, 1.165) is 0 Å². The van der Waals surface area contributed by atoms with E-state index >= 15 is 0 Å². The Hall–Kier alpha value is -0.750. The van der Waals surface area contributed by atoms with Gasteiger partial charge in [0.15, 0.2) is 0 Å². The molecule has 6 heteroatoms. The summed E-state index contributed by atoms with van der Waals surface area (Å²) in [5.41, 5.74) is 0. The summed E-state index contributed by atoms with van der Waals surface area (Å²) in [6.45, 7) is 2.27. The SMILES string of the molecule is COC(=O)C(C)CNCCOCC(F)F. The molecule has 0 spiro atoms. The largest absolute Gasteiger partial charge is 0.469 e. The second-order valence-corrected chi connectivity index (χ2v) is 3.09. The van der Waals surface area contributed by atoms with Crippen LogP contribution in [0.5, 0.6) is 0 Å². The Morgan fingerprint density at radius 2 is 2.13 bits per heavy atom. The molecule has 0 radical (unpaired) electrons. The molecule has 4 nitrogen and oxygen atoms in total. The van der Waals surface area contributed by atoms with Crippen molar-refractivity contribution in [3.8, 4) is 0 Å². The molecule has 0 saturated carbocycles. The first-order valence-electron chi connectivity index (χ1n) is 4.72. The maximum absolute atomic E-state index is 11.6. The molecule has 0 aromatic rings. The second kappa shape index (κ2) is 8.55. The number of carbonyl (C=O) groups excluding carboxylic acids is 1. The van der Waals surface area contributed by atoms with Gasteiger partial charge in [0.05, 0.1) is 19.6 Å². The minimum atomic E-state index is -2.43. The monoisotopic (exact) mass is 225 g/mol. The highest BCUT2D eigenvalue weighted by Gasteiger charge is 2.11. The summed E-state index contributed by atoms with van der Waals surface area (Å²) in [7, 11) is 1.32. The van der Waals surface area contributed by atoms with E-state index in [-0.39, 0.29) is 18.5 Å². The standard InChI is InChI=1S/C9H17F2NO3/c1-7(9(13)14-2)5-12-3-4-15-6-8(10)11/h7-8,12H,3-6H2,1-2H3. The molecule has 0 aliphatic carbocycles. The van der Waals surface area contributed by atoms with Crippen molar-refractivity contribution in [3.63, 3.8) is 0 Å². The zero-order valence-corrected chi connectivity index (χ0v) is 8.96. The molecule has 0 bridgehead atoms. The van der Waals surface area contributed by atoms with E-state index in [9.17, 15) is 13.6 Å². The van der Waals surface area contributed by atoms with Crippen LogP contribution >= 0.6 is 0 Å². The van der Waals surface area contributed by atoms with Gasteiger partial charge in [-0.2, -0.15) is 0 Å². The number of methoxy groups -OCH3 is 1. The van der Waals surface area contributed by atoms with Gasteiger partial charge in [-0.05, 0) is 0 Å². The number of alkyl halides is 2. The molecule has 0 rings (SSSR count). The molecule has 0 saturated heterocycles. The van der Waals surface area contributed by atoms with Crippen LogP contribution in [0.15, 0.2) is 0 Å². The topological polar surface area (TPSA) is 47.6 Å². The van der Waals surface area contributed by atoms with E-state index in [1.54, 1.807) is 6.92 Å². The Bertz CT molecular complexity index is 179. The molecular formula is C9H17F2NO3. The Morgan fingerprint density at radius 3 is 2.67 bits per heavy atom. The zero-order valence-electron chi connectivity index (χ0n) is 8.96. The molecule has 1 N–H and O–H groups in total. The van der Waals surface area contributed by atoms with Crippen LogP contribution < -0.4 is 5.32 Å². The summed E-state index contributed by atoms with van der Waals surface area (Å²) < 4.78 is 32.4. The fourth-order valence-electron chi connectivity index (χ4n) is 0.920. The molecule has 0 aromatic carbocycles. The minimum absolute atomic E-state index is 0.207. The van der Waals surface area contributed by atoms with Crippen LogP contribution in [0.25, 0.3) is 0 Å². The summed E-state index contributed by atoms with van der Waals surface area (Å²) >= 11 is 0. The Labute approximate surface area is 87.9 Å². The predicted molar refractivity (Wildman–Crippen MR) is 50.9 cm³/mol. The molecule has 15 heavy (non-hydrogen) atoms. The van der Waals surface area contributed by atoms with Crippen LogP contribution in [0.3, 0.4) is 0 Å². The average molecular weight is 225 g/mol. The number of hydrogen-bond acceptors (Lipinski definition) is 4. The van der Waals surface area contributed by atoms with E-state index < -0.39 is 13.0 Å². The number of ether oxygens (including phenoxy) is 2. The minimum Gasteiger partial charge on any atom is -0.469 e. The van der Waals surface area contributed by atoms with Crippen molar-refractivity contribution in [2.75, 3.05) is 33.4 Å². The van der Waals surface area contributed by atoms with E-state index in [4.69, 9.17) is 0 Å². The van der Waals surface area contributed by atoms with Crippen molar-refractivity contribution in [2.24, 2.45) is 5.92 Å². The van der Waals surface area contributed by atoms with Crippen LogP contribution in [0.4, 0.5) is 8.78 Å². The molecule has 0 aliphatic rings. The number of carbonyl (C=O) groups is 1. The van der Waals surface area contributed by atoms with Gasteiger partial charge < -0.3 is 14.8 Å². The third kappa shape index (κ3) is 8.26. The van der Waals surface area contributed by atoms with Crippen LogP contribution in [0, 0.1) is 5.92 Å². The Balaban J connectivity index is 3.27. The maximum Gasteiger partial charge on any atom is 0.309 e. The van der Waals surface area contributed by atoms with Crippen molar-refractivity contribution < 1.29 is 23.0 Å². The first kappa shape index (κ1) is 14.2. The lowest BCUT2D eigenvalue weighted by atomic mass is 10.2. The fraction of sp³-hybridized carbons (Fsp3) is 0.889. The third-order valence-corrected chi connectivity index (χ3v) is 1.72. The maximum atomic E-state index is 11.6. The number of nitrogens with one attached hydrogen (secondary N) is 1. The number of esters is 1. The zero-order chi connectivity index (χ0) is 11.7. The van der Waals surface area contributed by atoms with Gasteiger partial charge in [-0.3, -0.25) is 4.79 Å². The van der Waals surface area contributed by atoms with Gasteiger partial charge in [0, 0.05) is 13.1 Å². The quantitative estimate of drug-likeness (QED) is 0.487. The van der Waals surface area contributed by atoms with Gasteiger partial charge in [-0.1, -0.05) is 6.92 Å². The van der Waals surface area contributed by atoms with Crippen molar-refractivity contribution in [1.82, 2.24) is 5.32 Å². The first-order valence-corrected chi connectivity index (χ1v) is 4.72. The first-order chi connectivity index (χ1) is 7.07. The highest BCUT2D eigenvalue weighted by atomic mass is 19.3. The van der Waals surface area contributed by atoms with Crippen LogP contribution in [-0.2, 0) is 14.3 Å². The van der Waals surface area contributed by atoms with Crippen LogP contribution in [0.2, 0.25) is 0 Å². The molecular weight excluding hydrogens is 208 g/mol. The Morgan fingerprint density at radius 1 is 1.47 bits per heavy atom. The lowest BCUT2D eigenvalue weighted by molar-refractivity contribution is -0.144. The third-order valence-electron chi connectivity index (χ3n) is 1.72. The summed E-state index contributed by atoms with van der Waals surface area (Å²) in [4.78, 5) is 10.9. The lowest BCUT2D eigenvalue weighted by Crippen LogP contribution is -2.30. The summed E-state index contributed by atoms with van der Waals surface area (Å²) in [5.74, 6) is -0.541. The van der Waals surface area contributed by atoms with Gasteiger partial charge in [0.1, 0.15) is 6.61 Å². The van der Waals surface area contributed by atoms with E-state index in [2.05, 4.69) is 14.8 Å². The summed E-state index contributed by atoms with van der Waals surface area (Å²) in [5, 5.41) is 2.90. The highest BCUT2D eigenvalue weighted by molar-refractivity contribution is 5.71. The molecule has 90 valence electrons. The van der Waals surface area contributed by atoms with Crippen molar-refractivity contribution in [2.45, 2.75) is 13.3 Å². The van der Waals surface area contributed by atoms with Gasteiger partial charge in [0.25, 0.3) is 6.43 Å². The second-order valence-electron chi connectivity index (χ2n) is 3.09. The molecule has 0 aromatic heterocycles. The molecule has 1 atom stereocenters. The number of hydrogen-bond donors (Lipinski definition) is 1. The van der Waals surface area contributed by atoms with Crippen LogP contribution in [-0.4, -0.2) is 45.8 Å². The molecule has 0 heterocycles. The predicted octanol–water partition coefficient (Wildman–Crippen LogP) is 0.667. The molecule has 0 aliphatic heterocycles. The molecule has 1 unspecified atom stereocenters. The Kier molecular flexibility index (Phi) is 8.12. The van der Waals surface area contributed by atoms with E-state index in [1.165, 1.54) is 7.11 Å².